The molecule has 0 saturated carbocycles. The number of hydrogen-bond acceptors (Lipinski definition) is 5. The van der Waals surface area contributed by atoms with Gasteiger partial charge in [0.25, 0.3) is 0 Å². The number of unbranched alkanes of at least 4 members (excludes halogenated alkanes) is 2. The lowest BCUT2D eigenvalue weighted by Gasteiger charge is -2.18. The van der Waals surface area contributed by atoms with E-state index in [1.807, 2.05) is 11.9 Å². The average Bonchev–Trinajstić information content (AvgIpc) is 2.43. The minimum absolute atomic E-state index is 0.211. The SMILES string of the molecule is CN(CCCCCN)c1ccc(S(=O)(=O)N(C)C)cn1. The second kappa shape index (κ2) is 7.56. The number of rotatable bonds is 8. The summed E-state index contributed by atoms with van der Waals surface area (Å²) < 4.78 is 25.0. The van der Waals surface area contributed by atoms with Crippen LogP contribution in [0.4, 0.5) is 5.82 Å². The van der Waals surface area contributed by atoms with Gasteiger partial charge in [0.2, 0.25) is 10.0 Å². The second-order valence-electron chi connectivity index (χ2n) is 4.91. The Morgan fingerprint density at radius 3 is 2.35 bits per heavy atom. The van der Waals surface area contributed by atoms with Gasteiger partial charge in [-0.25, -0.2) is 17.7 Å². The van der Waals surface area contributed by atoms with Crippen LogP contribution < -0.4 is 10.6 Å². The molecule has 1 aromatic rings. The summed E-state index contributed by atoms with van der Waals surface area (Å²) in [6, 6.07) is 3.33. The zero-order chi connectivity index (χ0) is 15.2. The number of pyridine rings is 1. The van der Waals surface area contributed by atoms with E-state index in [1.165, 1.54) is 24.6 Å². The van der Waals surface area contributed by atoms with Gasteiger partial charge in [0.15, 0.2) is 0 Å². The minimum atomic E-state index is -3.41. The summed E-state index contributed by atoms with van der Waals surface area (Å²) in [6.07, 6.45) is 4.57. The van der Waals surface area contributed by atoms with Gasteiger partial charge in [-0.2, -0.15) is 0 Å². The molecule has 6 nitrogen and oxygen atoms in total. The van der Waals surface area contributed by atoms with E-state index in [4.69, 9.17) is 5.73 Å². The third-order valence-electron chi connectivity index (χ3n) is 3.09. The van der Waals surface area contributed by atoms with Crippen LogP contribution in [-0.2, 0) is 10.0 Å². The number of anilines is 1. The molecule has 0 spiro atoms. The first-order valence-corrected chi connectivity index (χ1v) is 8.13. The molecular weight excluding hydrogens is 276 g/mol. The van der Waals surface area contributed by atoms with Gasteiger partial charge in [-0.15, -0.1) is 0 Å². The molecule has 20 heavy (non-hydrogen) atoms. The first-order valence-electron chi connectivity index (χ1n) is 6.69. The Bertz CT molecular complexity index is 500. The summed E-state index contributed by atoms with van der Waals surface area (Å²) in [7, 11) is 1.56. The zero-order valence-corrected chi connectivity index (χ0v) is 13.2. The van der Waals surface area contributed by atoms with E-state index in [2.05, 4.69) is 4.98 Å². The van der Waals surface area contributed by atoms with Crippen molar-refractivity contribution in [3.63, 3.8) is 0 Å². The lowest BCUT2D eigenvalue weighted by molar-refractivity contribution is 0.520. The first-order chi connectivity index (χ1) is 9.39. The van der Waals surface area contributed by atoms with Crippen LogP contribution in [0.15, 0.2) is 23.2 Å². The summed E-state index contributed by atoms with van der Waals surface area (Å²) in [5.74, 6) is 0.774. The van der Waals surface area contributed by atoms with E-state index < -0.39 is 10.0 Å². The molecule has 0 amide bonds. The lowest BCUT2D eigenvalue weighted by Crippen LogP contribution is -2.23. The monoisotopic (exact) mass is 300 g/mol. The van der Waals surface area contributed by atoms with Crippen molar-refractivity contribution in [2.24, 2.45) is 5.73 Å². The smallest absolute Gasteiger partial charge is 0.244 e. The third-order valence-corrected chi connectivity index (χ3v) is 4.89. The van der Waals surface area contributed by atoms with Crippen LogP contribution in [0, 0.1) is 0 Å². The topological polar surface area (TPSA) is 79.5 Å². The molecule has 0 aromatic carbocycles. The highest BCUT2D eigenvalue weighted by Crippen LogP contribution is 2.16. The van der Waals surface area contributed by atoms with E-state index in [0.29, 0.717) is 0 Å². The molecule has 0 fully saturated rings. The lowest BCUT2D eigenvalue weighted by atomic mass is 10.2. The average molecular weight is 300 g/mol. The highest BCUT2D eigenvalue weighted by Gasteiger charge is 2.17. The fourth-order valence-corrected chi connectivity index (χ4v) is 2.59. The summed E-state index contributed by atoms with van der Waals surface area (Å²) in [5.41, 5.74) is 5.45. The van der Waals surface area contributed by atoms with Gasteiger partial charge in [-0.05, 0) is 31.5 Å². The second-order valence-corrected chi connectivity index (χ2v) is 7.06. The van der Waals surface area contributed by atoms with Crippen LogP contribution in [-0.4, -0.2) is 51.9 Å². The molecule has 0 aliphatic rings. The van der Waals surface area contributed by atoms with Crippen LogP contribution in [0.3, 0.4) is 0 Å². The van der Waals surface area contributed by atoms with E-state index >= 15 is 0 Å². The van der Waals surface area contributed by atoms with Gasteiger partial charge in [0.1, 0.15) is 10.7 Å². The van der Waals surface area contributed by atoms with Crippen LogP contribution in [0.25, 0.3) is 0 Å². The molecule has 1 heterocycles. The van der Waals surface area contributed by atoms with Crippen molar-refractivity contribution >= 4 is 15.8 Å². The molecule has 0 aliphatic carbocycles. The normalized spacial score (nSPS) is 11.8. The van der Waals surface area contributed by atoms with Crippen LogP contribution in [0.1, 0.15) is 19.3 Å². The number of nitrogens with two attached hydrogens (primary N) is 1. The molecule has 0 atom stereocenters. The first kappa shape index (κ1) is 16.9. The number of hydrogen-bond donors (Lipinski definition) is 1. The van der Waals surface area contributed by atoms with E-state index in [1.54, 1.807) is 12.1 Å². The Morgan fingerprint density at radius 2 is 1.85 bits per heavy atom. The maximum Gasteiger partial charge on any atom is 0.244 e. The maximum absolute atomic E-state index is 11.9. The number of sulfonamides is 1. The molecule has 0 bridgehead atoms. The molecule has 0 aliphatic heterocycles. The van der Waals surface area contributed by atoms with Crippen molar-refractivity contribution in [3.8, 4) is 0 Å². The molecule has 114 valence electrons. The molecule has 0 unspecified atom stereocenters. The number of nitrogens with zero attached hydrogens (tertiary/aromatic N) is 3. The van der Waals surface area contributed by atoms with E-state index in [0.717, 1.165) is 38.2 Å². The van der Waals surface area contributed by atoms with Crippen molar-refractivity contribution in [1.82, 2.24) is 9.29 Å². The van der Waals surface area contributed by atoms with Crippen LogP contribution >= 0.6 is 0 Å². The summed E-state index contributed by atoms with van der Waals surface area (Å²) in [4.78, 5) is 6.45. The Morgan fingerprint density at radius 1 is 1.15 bits per heavy atom. The Hall–Kier alpha value is -1.18. The Labute approximate surface area is 121 Å². The van der Waals surface area contributed by atoms with Gasteiger partial charge in [-0.1, -0.05) is 6.42 Å². The third kappa shape index (κ3) is 4.43. The van der Waals surface area contributed by atoms with Gasteiger partial charge in [0.05, 0.1) is 0 Å². The van der Waals surface area contributed by atoms with Crippen molar-refractivity contribution in [1.29, 1.82) is 0 Å². The van der Waals surface area contributed by atoms with Gasteiger partial charge < -0.3 is 10.6 Å². The highest BCUT2D eigenvalue weighted by molar-refractivity contribution is 7.89. The molecule has 0 radical (unpaired) electrons. The van der Waals surface area contributed by atoms with Gasteiger partial charge in [0, 0.05) is 33.9 Å². The highest BCUT2D eigenvalue weighted by atomic mass is 32.2. The minimum Gasteiger partial charge on any atom is -0.360 e. The fraction of sp³-hybridized carbons (Fsp3) is 0.615. The van der Waals surface area contributed by atoms with Crippen molar-refractivity contribution in [2.45, 2.75) is 24.2 Å². The van der Waals surface area contributed by atoms with Crippen molar-refractivity contribution < 1.29 is 8.42 Å². The maximum atomic E-state index is 11.9. The largest absolute Gasteiger partial charge is 0.360 e. The van der Waals surface area contributed by atoms with E-state index in [-0.39, 0.29) is 4.90 Å². The predicted molar refractivity (Wildman–Crippen MR) is 81.3 cm³/mol. The Kier molecular flexibility index (Phi) is 6.38. The predicted octanol–water partition coefficient (Wildman–Crippen LogP) is 0.897. The molecule has 1 rings (SSSR count). The summed E-state index contributed by atoms with van der Waals surface area (Å²) in [5, 5.41) is 0. The van der Waals surface area contributed by atoms with Crippen LogP contribution in [0.2, 0.25) is 0 Å². The van der Waals surface area contributed by atoms with Gasteiger partial charge >= 0.3 is 0 Å². The Balaban J connectivity index is 2.67. The van der Waals surface area contributed by atoms with Crippen LogP contribution in [0.5, 0.6) is 0 Å². The molecule has 7 heteroatoms. The quantitative estimate of drug-likeness (QED) is 0.722. The van der Waals surface area contributed by atoms with Gasteiger partial charge in [-0.3, -0.25) is 0 Å². The number of aromatic nitrogens is 1. The standard InChI is InChI=1S/C13H24N4O2S/c1-16(2)20(18,19)12-7-8-13(15-11-12)17(3)10-6-4-5-9-14/h7-8,11H,4-6,9-10,14H2,1-3H3. The van der Waals surface area contributed by atoms with E-state index in [9.17, 15) is 8.42 Å². The van der Waals surface area contributed by atoms with Crippen molar-refractivity contribution in [3.05, 3.63) is 18.3 Å². The zero-order valence-electron chi connectivity index (χ0n) is 12.4. The molecule has 0 saturated heterocycles. The molecular formula is C13H24N4O2S. The molecule has 2 N–H and O–H groups in total. The molecule has 1 aromatic heterocycles. The van der Waals surface area contributed by atoms with Crippen molar-refractivity contribution in [2.75, 3.05) is 39.1 Å². The summed E-state index contributed by atoms with van der Waals surface area (Å²) in [6.45, 7) is 1.60. The summed E-state index contributed by atoms with van der Waals surface area (Å²) >= 11 is 0. The fourth-order valence-electron chi connectivity index (χ4n) is 1.75.